The van der Waals surface area contributed by atoms with E-state index >= 15 is 0 Å². The van der Waals surface area contributed by atoms with Crippen molar-refractivity contribution in [2.45, 2.75) is 70.0 Å². The van der Waals surface area contributed by atoms with E-state index in [1.807, 2.05) is 49.6 Å². The van der Waals surface area contributed by atoms with Crippen molar-refractivity contribution in [1.29, 1.82) is 0 Å². The smallest absolute Gasteiger partial charge is 0.306 e. The van der Waals surface area contributed by atoms with Crippen LogP contribution in [0, 0.1) is 15.9 Å². The molecule has 3 rings (SSSR count). The van der Waals surface area contributed by atoms with Crippen molar-refractivity contribution in [2.24, 2.45) is 0 Å². The van der Waals surface area contributed by atoms with Crippen molar-refractivity contribution >= 4 is 29.0 Å². The molecule has 1 amide bonds. The van der Waals surface area contributed by atoms with Crippen LogP contribution >= 0.6 is 11.8 Å². The van der Waals surface area contributed by atoms with Gasteiger partial charge in [-0.15, -0.1) is 10.2 Å². The molecule has 0 bridgehead atoms. The number of hydrogen-bond donors (Lipinski definition) is 1. The zero-order valence-corrected chi connectivity index (χ0v) is 21.9. The monoisotopic (exact) mass is 515 g/mol. The minimum absolute atomic E-state index is 0.00102. The number of hydrogen-bond acceptors (Lipinski definition) is 7. The van der Waals surface area contributed by atoms with Gasteiger partial charge in [0, 0.05) is 17.8 Å². The van der Waals surface area contributed by atoms with Crippen LogP contribution < -0.4 is 10.1 Å². The van der Waals surface area contributed by atoms with E-state index in [1.54, 1.807) is 6.92 Å². The van der Waals surface area contributed by atoms with E-state index in [-0.39, 0.29) is 11.7 Å². The molecular formula is C25H30FN5O4S. The first-order chi connectivity index (χ1) is 17.0. The fourth-order valence-corrected chi connectivity index (χ4v) is 4.61. The lowest BCUT2D eigenvalue weighted by molar-refractivity contribution is -0.387. The highest BCUT2D eigenvalue weighted by Gasteiger charge is 2.26. The second kappa shape index (κ2) is 11.5. The highest BCUT2D eigenvalue weighted by atomic mass is 32.2. The first-order valence-electron chi connectivity index (χ1n) is 11.6. The number of anilines is 1. The van der Waals surface area contributed by atoms with Gasteiger partial charge in [0.1, 0.15) is 5.75 Å². The van der Waals surface area contributed by atoms with Gasteiger partial charge in [-0.25, -0.2) is 0 Å². The second-order valence-electron chi connectivity index (χ2n) is 8.93. The van der Waals surface area contributed by atoms with Crippen LogP contribution in [0.3, 0.4) is 0 Å². The first-order valence-corrected chi connectivity index (χ1v) is 12.5. The largest absolute Gasteiger partial charge is 0.482 e. The molecule has 0 saturated carbocycles. The minimum Gasteiger partial charge on any atom is -0.482 e. The fourth-order valence-electron chi connectivity index (χ4n) is 3.63. The number of amides is 1. The standard InChI is InChI=1S/C25H30FN5O4S/c1-14(2)19-9-7-8-10-22(19)35-16(5)23-28-29-25(30(23)15(3)4)36-17(6)24(32)27-18-11-12-20(26)21(13-18)31(33)34/h7-17H,1-6H3,(H,27,32). The van der Waals surface area contributed by atoms with Gasteiger partial charge >= 0.3 is 5.69 Å². The van der Waals surface area contributed by atoms with Gasteiger partial charge in [0.25, 0.3) is 0 Å². The number of nitrogens with one attached hydrogen (secondary N) is 1. The average Bonchev–Trinajstić information content (AvgIpc) is 3.24. The number of nitro benzene ring substituents is 1. The Kier molecular flexibility index (Phi) is 8.67. The fraction of sp³-hybridized carbons (Fsp3) is 0.400. The van der Waals surface area contributed by atoms with Crippen LogP contribution in [0.2, 0.25) is 0 Å². The predicted octanol–water partition coefficient (Wildman–Crippen LogP) is 6.29. The summed E-state index contributed by atoms with van der Waals surface area (Å²) in [6, 6.07) is 11.1. The van der Waals surface area contributed by atoms with Crippen LogP contribution in [-0.4, -0.2) is 30.8 Å². The number of benzene rings is 2. The van der Waals surface area contributed by atoms with E-state index in [0.29, 0.717) is 16.9 Å². The van der Waals surface area contributed by atoms with Crippen LogP contribution in [0.25, 0.3) is 0 Å². The highest BCUT2D eigenvalue weighted by Crippen LogP contribution is 2.33. The molecule has 2 unspecified atom stereocenters. The Hall–Kier alpha value is -3.47. The molecule has 2 atom stereocenters. The summed E-state index contributed by atoms with van der Waals surface area (Å²) in [4.78, 5) is 22.9. The molecule has 0 aliphatic carbocycles. The summed E-state index contributed by atoms with van der Waals surface area (Å²) in [5.74, 6) is 0.340. The molecular weight excluding hydrogens is 485 g/mol. The lowest BCUT2D eigenvalue weighted by Crippen LogP contribution is -2.23. The molecule has 0 spiro atoms. The number of para-hydroxylation sites is 1. The van der Waals surface area contributed by atoms with E-state index < -0.39 is 33.7 Å². The van der Waals surface area contributed by atoms with Crippen molar-refractivity contribution < 1.29 is 18.8 Å². The summed E-state index contributed by atoms with van der Waals surface area (Å²) in [5, 5.41) is 22.2. The van der Waals surface area contributed by atoms with Crippen molar-refractivity contribution in [3.05, 3.63) is 69.8 Å². The Bertz CT molecular complexity index is 1250. The Labute approximate surface area is 213 Å². The summed E-state index contributed by atoms with van der Waals surface area (Å²) in [5.41, 5.74) is 0.531. The zero-order chi connectivity index (χ0) is 26.6. The molecule has 11 heteroatoms. The van der Waals surface area contributed by atoms with Crippen LogP contribution in [0.15, 0.2) is 47.6 Å². The molecule has 0 fully saturated rings. The van der Waals surface area contributed by atoms with Crippen LogP contribution in [0.4, 0.5) is 15.8 Å². The minimum atomic E-state index is -0.967. The number of nitrogens with zero attached hydrogens (tertiary/aromatic N) is 4. The topological polar surface area (TPSA) is 112 Å². The van der Waals surface area contributed by atoms with E-state index in [2.05, 4.69) is 29.4 Å². The van der Waals surface area contributed by atoms with Gasteiger partial charge in [-0.2, -0.15) is 4.39 Å². The molecule has 1 N–H and O–H groups in total. The van der Waals surface area contributed by atoms with Crippen molar-refractivity contribution in [2.75, 3.05) is 5.32 Å². The molecule has 36 heavy (non-hydrogen) atoms. The van der Waals surface area contributed by atoms with Crippen molar-refractivity contribution in [3.8, 4) is 5.75 Å². The van der Waals surface area contributed by atoms with Crippen molar-refractivity contribution in [3.63, 3.8) is 0 Å². The summed E-state index contributed by atoms with van der Waals surface area (Å²) in [6.45, 7) is 11.8. The van der Waals surface area contributed by atoms with E-state index in [9.17, 15) is 19.3 Å². The molecule has 0 saturated heterocycles. The summed E-state index contributed by atoms with van der Waals surface area (Å²) < 4.78 is 21.8. The Morgan fingerprint density at radius 1 is 1.11 bits per heavy atom. The second-order valence-corrected chi connectivity index (χ2v) is 10.2. The average molecular weight is 516 g/mol. The molecule has 192 valence electrons. The number of nitro groups is 1. The normalized spacial score (nSPS) is 13.0. The number of ether oxygens (including phenoxy) is 1. The van der Waals surface area contributed by atoms with Gasteiger partial charge < -0.3 is 14.6 Å². The third-order valence-electron chi connectivity index (χ3n) is 5.48. The molecule has 2 aromatic carbocycles. The lowest BCUT2D eigenvalue weighted by atomic mass is 10.0. The number of aromatic nitrogens is 3. The quantitative estimate of drug-likeness (QED) is 0.192. The van der Waals surface area contributed by atoms with Gasteiger partial charge in [-0.05, 0) is 57.4 Å². The first kappa shape index (κ1) is 27.1. The molecule has 1 aromatic heterocycles. The third-order valence-corrected chi connectivity index (χ3v) is 6.53. The Balaban J connectivity index is 1.77. The van der Waals surface area contributed by atoms with Gasteiger partial charge in [-0.3, -0.25) is 14.9 Å². The predicted molar refractivity (Wildman–Crippen MR) is 137 cm³/mol. The SMILES string of the molecule is CC(Sc1nnc(C(C)Oc2ccccc2C(C)C)n1C(C)C)C(=O)Nc1ccc(F)c([N+](=O)[O-])c1. The van der Waals surface area contributed by atoms with Gasteiger partial charge in [0.05, 0.1) is 10.2 Å². The van der Waals surface area contributed by atoms with E-state index in [1.165, 1.54) is 17.8 Å². The zero-order valence-electron chi connectivity index (χ0n) is 21.1. The maximum absolute atomic E-state index is 13.6. The number of carbonyl (C=O) groups is 1. The molecule has 3 aromatic rings. The molecule has 0 aliphatic heterocycles. The number of carbonyl (C=O) groups excluding carboxylic acids is 1. The molecule has 0 aliphatic rings. The van der Waals surface area contributed by atoms with E-state index in [0.717, 1.165) is 23.4 Å². The number of halogens is 1. The van der Waals surface area contributed by atoms with Gasteiger partial charge in [0.2, 0.25) is 11.7 Å². The molecule has 1 heterocycles. The van der Waals surface area contributed by atoms with Crippen LogP contribution in [0.1, 0.15) is 71.0 Å². The van der Waals surface area contributed by atoms with E-state index in [4.69, 9.17) is 4.74 Å². The lowest BCUT2D eigenvalue weighted by Gasteiger charge is -2.21. The third kappa shape index (κ3) is 6.20. The summed E-state index contributed by atoms with van der Waals surface area (Å²) in [6.07, 6.45) is -0.391. The maximum atomic E-state index is 13.6. The maximum Gasteiger partial charge on any atom is 0.306 e. The summed E-state index contributed by atoms with van der Waals surface area (Å²) in [7, 11) is 0. The summed E-state index contributed by atoms with van der Waals surface area (Å²) >= 11 is 1.21. The highest BCUT2D eigenvalue weighted by molar-refractivity contribution is 8.00. The van der Waals surface area contributed by atoms with Crippen LogP contribution in [0.5, 0.6) is 5.75 Å². The molecule has 0 radical (unpaired) electrons. The van der Waals surface area contributed by atoms with Gasteiger partial charge in [0.15, 0.2) is 17.1 Å². The number of rotatable bonds is 10. The van der Waals surface area contributed by atoms with Gasteiger partial charge in [-0.1, -0.05) is 43.8 Å². The van der Waals surface area contributed by atoms with Crippen LogP contribution in [-0.2, 0) is 4.79 Å². The molecule has 9 nitrogen and oxygen atoms in total. The Morgan fingerprint density at radius 2 is 1.81 bits per heavy atom. The van der Waals surface area contributed by atoms with Crippen molar-refractivity contribution in [1.82, 2.24) is 14.8 Å². The number of thioether (sulfide) groups is 1. The Morgan fingerprint density at radius 3 is 2.44 bits per heavy atom.